The van der Waals surface area contributed by atoms with Crippen molar-refractivity contribution in [3.63, 3.8) is 0 Å². The van der Waals surface area contributed by atoms with E-state index in [9.17, 15) is 4.79 Å². The first-order valence-corrected chi connectivity index (χ1v) is 8.74. The first-order valence-electron chi connectivity index (χ1n) is 8.36. The fourth-order valence-electron chi connectivity index (χ4n) is 3.19. The molecule has 1 aliphatic heterocycles. The molecule has 0 radical (unpaired) electrons. The SMILES string of the molecule is O=C(c1ccc2ccccc2n1)N1CCN(c2cccc(Cl)c2)CC1. The molecule has 0 N–H and O–H groups in total. The summed E-state index contributed by atoms with van der Waals surface area (Å²) in [6, 6.07) is 19.5. The van der Waals surface area contributed by atoms with E-state index in [-0.39, 0.29) is 5.91 Å². The average Bonchev–Trinajstić information content (AvgIpc) is 2.67. The van der Waals surface area contributed by atoms with Gasteiger partial charge >= 0.3 is 0 Å². The summed E-state index contributed by atoms with van der Waals surface area (Å²) >= 11 is 6.07. The number of aromatic nitrogens is 1. The Hall–Kier alpha value is -2.59. The zero-order chi connectivity index (χ0) is 17.2. The van der Waals surface area contributed by atoms with Gasteiger partial charge in [0.1, 0.15) is 5.69 Å². The summed E-state index contributed by atoms with van der Waals surface area (Å²) in [4.78, 5) is 21.4. The Balaban J connectivity index is 1.47. The maximum absolute atomic E-state index is 12.8. The molecule has 4 rings (SSSR count). The number of para-hydroxylation sites is 1. The number of pyridine rings is 1. The summed E-state index contributed by atoms with van der Waals surface area (Å²) in [7, 11) is 0. The lowest BCUT2D eigenvalue weighted by Gasteiger charge is -2.36. The number of carbonyl (C=O) groups excluding carboxylic acids is 1. The molecule has 0 bridgehead atoms. The van der Waals surface area contributed by atoms with Crippen molar-refractivity contribution in [3.8, 4) is 0 Å². The van der Waals surface area contributed by atoms with E-state index >= 15 is 0 Å². The van der Waals surface area contributed by atoms with Gasteiger partial charge in [0.2, 0.25) is 0 Å². The molecule has 126 valence electrons. The third-order valence-electron chi connectivity index (χ3n) is 4.56. The normalized spacial score (nSPS) is 14.8. The van der Waals surface area contributed by atoms with Crippen LogP contribution < -0.4 is 4.90 Å². The Morgan fingerprint density at radius 2 is 1.72 bits per heavy atom. The number of hydrogen-bond donors (Lipinski definition) is 0. The Morgan fingerprint density at radius 3 is 2.52 bits per heavy atom. The lowest BCUT2D eigenvalue weighted by Crippen LogP contribution is -2.49. The van der Waals surface area contributed by atoms with Crippen LogP contribution in [0.4, 0.5) is 5.69 Å². The largest absolute Gasteiger partial charge is 0.368 e. The molecule has 2 aromatic carbocycles. The van der Waals surface area contributed by atoms with Gasteiger partial charge in [0.15, 0.2) is 0 Å². The van der Waals surface area contributed by atoms with Gasteiger partial charge in [-0.05, 0) is 30.3 Å². The van der Waals surface area contributed by atoms with Crippen LogP contribution in [0.15, 0.2) is 60.7 Å². The van der Waals surface area contributed by atoms with E-state index in [0.717, 1.165) is 34.7 Å². The fourth-order valence-corrected chi connectivity index (χ4v) is 3.37. The average molecular weight is 352 g/mol. The molecule has 1 saturated heterocycles. The molecule has 1 amide bonds. The predicted octanol–water partition coefficient (Wildman–Crippen LogP) is 3.85. The second-order valence-electron chi connectivity index (χ2n) is 6.15. The second kappa shape index (κ2) is 6.73. The fraction of sp³-hybridized carbons (Fsp3) is 0.200. The third-order valence-corrected chi connectivity index (χ3v) is 4.79. The molecule has 4 nitrogen and oxygen atoms in total. The van der Waals surface area contributed by atoms with Crippen LogP contribution in [0.2, 0.25) is 5.02 Å². The van der Waals surface area contributed by atoms with Crippen LogP contribution in [0.3, 0.4) is 0 Å². The van der Waals surface area contributed by atoms with E-state index in [2.05, 4.69) is 9.88 Å². The van der Waals surface area contributed by atoms with Gasteiger partial charge in [-0.25, -0.2) is 4.98 Å². The standard InChI is InChI=1S/C20H18ClN3O/c21-16-5-3-6-17(14-16)23-10-12-24(13-11-23)20(25)19-9-8-15-4-1-2-7-18(15)22-19/h1-9,14H,10-13H2. The van der Waals surface area contributed by atoms with E-state index in [1.807, 2.05) is 65.6 Å². The minimum Gasteiger partial charge on any atom is -0.368 e. The highest BCUT2D eigenvalue weighted by molar-refractivity contribution is 6.30. The van der Waals surface area contributed by atoms with Crippen LogP contribution in [0.25, 0.3) is 10.9 Å². The summed E-state index contributed by atoms with van der Waals surface area (Å²) < 4.78 is 0. The van der Waals surface area contributed by atoms with Crippen LogP contribution >= 0.6 is 11.6 Å². The Bertz CT molecular complexity index is 919. The first-order chi connectivity index (χ1) is 12.2. The molecule has 2 heterocycles. The van der Waals surface area contributed by atoms with E-state index in [4.69, 9.17) is 11.6 Å². The number of halogens is 1. The predicted molar refractivity (Wildman–Crippen MR) is 101 cm³/mol. The van der Waals surface area contributed by atoms with E-state index in [1.165, 1.54) is 0 Å². The first kappa shape index (κ1) is 15.9. The van der Waals surface area contributed by atoms with Crippen molar-refractivity contribution in [2.24, 2.45) is 0 Å². The molecule has 0 atom stereocenters. The van der Waals surface area contributed by atoms with Gasteiger partial charge in [-0.3, -0.25) is 4.79 Å². The van der Waals surface area contributed by atoms with Crippen LogP contribution in [-0.4, -0.2) is 42.0 Å². The van der Waals surface area contributed by atoms with Gasteiger partial charge < -0.3 is 9.80 Å². The molecule has 0 unspecified atom stereocenters. The third kappa shape index (κ3) is 3.30. The van der Waals surface area contributed by atoms with Gasteiger partial charge in [-0.1, -0.05) is 41.9 Å². The number of hydrogen-bond acceptors (Lipinski definition) is 3. The Kier molecular flexibility index (Phi) is 4.28. The number of anilines is 1. The summed E-state index contributed by atoms with van der Waals surface area (Å²) in [6.07, 6.45) is 0. The van der Waals surface area contributed by atoms with Crippen LogP contribution in [0.5, 0.6) is 0 Å². The minimum absolute atomic E-state index is 0.00324. The summed E-state index contributed by atoms with van der Waals surface area (Å²) in [5, 5.41) is 1.78. The van der Waals surface area contributed by atoms with Crippen molar-refractivity contribution in [1.29, 1.82) is 0 Å². The molecule has 1 aromatic heterocycles. The highest BCUT2D eigenvalue weighted by Gasteiger charge is 2.23. The van der Waals surface area contributed by atoms with Gasteiger partial charge in [-0.15, -0.1) is 0 Å². The summed E-state index contributed by atoms with van der Waals surface area (Å²) in [5.74, 6) is -0.00324. The van der Waals surface area contributed by atoms with Crippen molar-refractivity contribution < 1.29 is 4.79 Å². The molecule has 3 aromatic rings. The maximum atomic E-state index is 12.8. The number of benzene rings is 2. The zero-order valence-electron chi connectivity index (χ0n) is 13.7. The molecule has 0 saturated carbocycles. The zero-order valence-corrected chi connectivity index (χ0v) is 14.5. The lowest BCUT2D eigenvalue weighted by atomic mass is 10.2. The summed E-state index contributed by atoms with van der Waals surface area (Å²) in [5.41, 5.74) is 2.46. The minimum atomic E-state index is -0.00324. The number of carbonyl (C=O) groups is 1. The van der Waals surface area contributed by atoms with Gasteiger partial charge in [0.25, 0.3) is 5.91 Å². The number of piperazine rings is 1. The van der Waals surface area contributed by atoms with Crippen LogP contribution in [0.1, 0.15) is 10.5 Å². The highest BCUT2D eigenvalue weighted by Crippen LogP contribution is 2.21. The molecule has 5 heteroatoms. The van der Waals surface area contributed by atoms with Gasteiger partial charge in [0, 0.05) is 42.3 Å². The smallest absolute Gasteiger partial charge is 0.272 e. The van der Waals surface area contributed by atoms with Gasteiger partial charge in [-0.2, -0.15) is 0 Å². The quantitative estimate of drug-likeness (QED) is 0.703. The monoisotopic (exact) mass is 351 g/mol. The lowest BCUT2D eigenvalue weighted by molar-refractivity contribution is 0.0741. The van der Waals surface area contributed by atoms with Crippen molar-refractivity contribution in [3.05, 3.63) is 71.4 Å². The maximum Gasteiger partial charge on any atom is 0.272 e. The topological polar surface area (TPSA) is 36.4 Å². The highest BCUT2D eigenvalue weighted by atomic mass is 35.5. The van der Waals surface area contributed by atoms with Crippen LogP contribution in [-0.2, 0) is 0 Å². The number of nitrogens with zero attached hydrogens (tertiary/aromatic N) is 3. The molecule has 1 fully saturated rings. The van der Waals surface area contributed by atoms with E-state index < -0.39 is 0 Å². The Labute approximate surface area is 151 Å². The van der Waals surface area contributed by atoms with Crippen molar-refractivity contribution in [1.82, 2.24) is 9.88 Å². The molecule has 25 heavy (non-hydrogen) atoms. The van der Waals surface area contributed by atoms with Crippen molar-refractivity contribution in [2.75, 3.05) is 31.1 Å². The van der Waals surface area contributed by atoms with Gasteiger partial charge in [0.05, 0.1) is 5.52 Å². The Morgan fingerprint density at radius 1 is 0.920 bits per heavy atom. The van der Waals surface area contributed by atoms with E-state index in [0.29, 0.717) is 18.8 Å². The summed E-state index contributed by atoms with van der Waals surface area (Å²) in [6.45, 7) is 2.94. The number of rotatable bonds is 2. The number of amides is 1. The van der Waals surface area contributed by atoms with Crippen molar-refractivity contribution >= 4 is 34.1 Å². The molecule has 0 spiro atoms. The number of fused-ring (bicyclic) bond motifs is 1. The van der Waals surface area contributed by atoms with E-state index in [1.54, 1.807) is 0 Å². The second-order valence-corrected chi connectivity index (χ2v) is 6.58. The molecular weight excluding hydrogens is 334 g/mol. The van der Waals surface area contributed by atoms with Crippen molar-refractivity contribution in [2.45, 2.75) is 0 Å². The van der Waals surface area contributed by atoms with Crippen LogP contribution in [0, 0.1) is 0 Å². The molecule has 1 aliphatic rings. The molecular formula is C20H18ClN3O. The molecule has 0 aliphatic carbocycles.